The van der Waals surface area contributed by atoms with E-state index in [9.17, 15) is 4.79 Å². The molecule has 0 saturated carbocycles. The Morgan fingerprint density at radius 1 is 1.25 bits per heavy atom. The Balaban J connectivity index is 1.95. The van der Waals surface area contributed by atoms with E-state index in [0.29, 0.717) is 30.4 Å². The van der Waals surface area contributed by atoms with E-state index in [0.717, 1.165) is 18.7 Å². The molecule has 0 aliphatic carbocycles. The molecule has 1 aromatic carbocycles. The summed E-state index contributed by atoms with van der Waals surface area (Å²) in [6.45, 7) is 2.96. The number of benzene rings is 1. The van der Waals surface area contributed by atoms with Crippen LogP contribution >= 0.6 is 0 Å². The Hall–Kier alpha value is -1.99. The van der Waals surface area contributed by atoms with E-state index in [-0.39, 0.29) is 18.4 Å². The SMILES string of the molecule is COc1cc(CC(=O)NCC2CN(C)CCO2)cc(OC)c1OC. The third-order valence-corrected chi connectivity index (χ3v) is 3.96. The van der Waals surface area contributed by atoms with Crippen LogP contribution in [0, 0.1) is 0 Å². The zero-order valence-corrected chi connectivity index (χ0v) is 14.8. The summed E-state index contributed by atoms with van der Waals surface area (Å²) in [5, 5.41) is 2.92. The van der Waals surface area contributed by atoms with Crippen LogP contribution in [0.5, 0.6) is 17.2 Å². The van der Waals surface area contributed by atoms with Crippen LogP contribution in [0.2, 0.25) is 0 Å². The number of nitrogens with zero attached hydrogens (tertiary/aromatic N) is 1. The van der Waals surface area contributed by atoms with Gasteiger partial charge in [0.1, 0.15) is 0 Å². The van der Waals surface area contributed by atoms with Crippen molar-refractivity contribution in [3.8, 4) is 17.2 Å². The van der Waals surface area contributed by atoms with Crippen molar-refractivity contribution in [2.24, 2.45) is 0 Å². The minimum absolute atomic E-state index is 0.0349. The molecule has 0 bridgehead atoms. The van der Waals surface area contributed by atoms with E-state index in [1.807, 2.05) is 7.05 Å². The number of ether oxygens (including phenoxy) is 4. The number of methoxy groups -OCH3 is 3. The Labute approximate surface area is 142 Å². The number of morpholine rings is 1. The monoisotopic (exact) mass is 338 g/mol. The Morgan fingerprint density at radius 3 is 2.46 bits per heavy atom. The van der Waals surface area contributed by atoms with Crippen molar-refractivity contribution < 1.29 is 23.7 Å². The molecular weight excluding hydrogens is 312 g/mol. The van der Waals surface area contributed by atoms with E-state index in [2.05, 4.69) is 10.2 Å². The van der Waals surface area contributed by atoms with Gasteiger partial charge in [0.15, 0.2) is 11.5 Å². The molecule has 1 fully saturated rings. The second kappa shape index (κ2) is 8.75. The van der Waals surface area contributed by atoms with Crippen molar-refractivity contribution in [1.29, 1.82) is 0 Å². The van der Waals surface area contributed by atoms with Gasteiger partial charge in [-0.05, 0) is 24.7 Å². The largest absolute Gasteiger partial charge is 0.493 e. The number of rotatable bonds is 7. The van der Waals surface area contributed by atoms with Gasteiger partial charge in [0.25, 0.3) is 0 Å². The molecule has 1 N–H and O–H groups in total. The number of nitrogens with one attached hydrogen (secondary N) is 1. The summed E-state index contributed by atoms with van der Waals surface area (Å²) in [5.41, 5.74) is 0.795. The van der Waals surface area contributed by atoms with Crippen LogP contribution in [0.15, 0.2) is 12.1 Å². The highest BCUT2D eigenvalue weighted by Gasteiger charge is 2.19. The van der Waals surface area contributed by atoms with E-state index < -0.39 is 0 Å². The number of hydrogen-bond acceptors (Lipinski definition) is 6. The number of likely N-dealkylation sites (N-methyl/N-ethyl adjacent to an activating group) is 1. The third-order valence-electron chi connectivity index (χ3n) is 3.96. The smallest absolute Gasteiger partial charge is 0.224 e. The molecular formula is C17H26N2O5. The highest BCUT2D eigenvalue weighted by atomic mass is 16.5. The summed E-state index contributed by atoms with van der Waals surface area (Å²) in [6, 6.07) is 3.57. The quantitative estimate of drug-likeness (QED) is 0.789. The third kappa shape index (κ3) is 4.75. The Morgan fingerprint density at radius 2 is 1.92 bits per heavy atom. The van der Waals surface area contributed by atoms with Crippen LogP contribution in [0.4, 0.5) is 0 Å². The number of hydrogen-bond donors (Lipinski definition) is 1. The first-order valence-corrected chi connectivity index (χ1v) is 7.93. The van der Waals surface area contributed by atoms with Gasteiger partial charge < -0.3 is 29.2 Å². The van der Waals surface area contributed by atoms with Gasteiger partial charge in [0, 0.05) is 19.6 Å². The van der Waals surface area contributed by atoms with Crippen molar-refractivity contribution >= 4 is 5.91 Å². The van der Waals surface area contributed by atoms with Gasteiger partial charge in [-0.2, -0.15) is 0 Å². The first-order chi connectivity index (χ1) is 11.6. The van der Waals surface area contributed by atoms with Crippen LogP contribution in [0.25, 0.3) is 0 Å². The average Bonchev–Trinajstić information content (AvgIpc) is 2.59. The van der Waals surface area contributed by atoms with Crippen LogP contribution in [0.1, 0.15) is 5.56 Å². The molecule has 2 rings (SSSR count). The normalized spacial score (nSPS) is 18.1. The molecule has 1 amide bonds. The summed E-state index contributed by atoms with van der Waals surface area (Å²) in [5.74, 6) is 1.53. The number of carbonyl (C=O) groups is 1. The molecule has 0 spiro atoms. The number of carbonyl (C=O) groups excluding carboxylic acids is 1. The second-order valence-corrected chi connectivity index (χ2v) is 5.77. The van der Waals surface area contributed by atoms with E-state index in [1.165, 1.54) is 0 Å². The Bertz CT molecular complexity index is 539. The van der Waals surface area contributed by atoms with Gasteiger partial charge in [0.05, 0.1) is 40.5 Å². The van der Waals surface area contributed by atoms with Crippen LogP contribution in [-0.2, 0) is 16.0 Å². The van der Waals surface area contributed by atoms with E-state index in [1.54, 1.807) is 33.5 Å². The maximum atomic E-state index is 12.2. The van der Waals surface area contributed by atoms with E-state index in [4.69, 9.17) is 18.9 Å². The molecule has 1 unspecified atom stereocenters. The minimum Gasteiger partial charge on any atom is -0.493 e. The lowest BCUT2D eigenvalue weighted by atomic mass is 10.1. The highest BCUT2D eigenvalue weighted by Crippen LogP contribution is 2.38. The molecule has 7 heteroatoms. The van der Waals surface area contributed by atoms with E-state index >= 15 is 0 Å². The molecule has 1 aliphatic rings. The molecule has 0 aromatic heterocycles. The van der Waals surface area contributed by atoms with Gasteiger partial charge in [-0.1, -0.05) is 0 Å². The van der Waals surface area contributed by atoms with Gasteiger partial charge in [0.2, 0.25) is 11.7 Å². The summed E-state index contributed by atoms with van der Waals surface area (Å²) >= 11 is 0. The molecule has 1 aliphatic heterocycles. The second-order valence-electron chi connectivity index (χ2n) is 5.77. The zero-order chi connectivity index (χ0) is 17.5. The molecule has 1 aromatic rings. The lowest BCUT2D eigenvalue weighted by molar-refractivity contribution is -0.121. The van der Waals surface area contributed by atoms with Crippen LogP contribution < -0.4 is 19.5 Å². The van der Waals surface area contributed by atoms with Crippen LogP contribution in [0.3, 0.4) is 0 Å². The molecule has 134 valence electrons. The molecule has 1 saturated heterocycles. The maximum absolute atomic E-state index is 12.2. The summed E-state index contributed by atoms with van der Waals surface area (Å²) in [6.07, 6.45) is 0.270. The molecule has 0 radical (unpaired) electrons. The average molecular weight is 338 g/mol. The van der Waals surface area contributed by atoms with Gasteiger partial charge in [-0.15, -0.1) is 0 Å². The fourth-order valence-corrected chi connectivity index (χ4v) is 2.70. The summed E-state index contributed by atoms with van der Waals surface area (Å²) in [4.78, 5) is 14.4. The predicted octanol–water partition coefficient (Wildman–Crippen LogP) is 0.702. The van der Waals surface area contributed by atoms with Crippen molar-refractivity contribution in [2.75, 3.05) is 54.6 Å². The number of amides is 1. The fraction of sp³-hybridized carbons (Fsp3) is 0.588. The molecule has 24 heavy (non-hydrogen) atoms. The van der Waals surface area contributed by atoms with Crippen molar-refractivity contribution in [1.82, 2.24) is 10.2 Å². The van der Waals surface area contributed by atoms with Gasteiger partial charge in [-0.3, -0.25) is 4.79 Å². The molecule has 1 heterocycles. The minimum atomic E-state index is -0.0684. The lowest BCUT2D eigenvalue weighted by Crippen LogP contribution is -2.46. The van der Waals surface area contributed by atoms with Crippen molar-refractivity contribution in [3.63, 3.8) is 0 Å². The first kappa shape index (κ1) is 18.4. The van der Waals surface area contributed by atoms with Gasteiger partial charge in [-0.25, -0.2) is 0 Å². The van der Waals surface area contributed by atoms with Gasteiger partial charge >= 0.3 is 0 Å². The fourth-order valence-electron chi connectivity index (χ4n) is 2.70. The van der Waals surface area contributed by atoms with Crippen molar-refractivity contribution in [2.45, 2.75) is 12.5 Å². The topological polar surface area (TPSA) is 69.3 Å². The zero-order valence-electron chi connectivity index (χ0n) is 14.8. The highest BCUT2D eigenvalue weighted by molar-refractivity contribution is 5.79. The first-order valence-electron chi connectivity index (χ1n) is 7.93. The Kier molecular flexibility index (Phi) is 6.69. The predicted molar refractivity (Wildman–Crippen MR) is 90.0 cm³/mol. The lowest BCUT2D eigenvalue weighted by Gasteiger charge is -2.30. The summed E-state index contributed by atoms with van der Waals surface area (Å²) in [7, 11) is 6.71. The van der Waals surface area contributed by atoms with Crippen LogP contribution in [-0.4, -0.2) is 71.5 Å². The standard InChI is InChI=1S/C17H26N2O5/c1-19-5-6-24-13(11-19)10-18-16(20)9-12-7-14(21-2)17(23-4)15(8-12)22-3/h7-8,13H,5-6,9-11H2,1-4H3,(H,18,20). The summed E-state index contributed by atoms with van der Waals surface area (Å²) < 4.78 is 21.5. The van der Waals surface area contributed by atoms with Crippen molar-refractivity contribution in [3.05, 3.63) is 17.7 Å². The molecule has 7 nitrogen and oxygen atoms in total. The maximum Gasteiger partial charge on any atom is 0.224 e. The molecule has 1 atom stereocenters.